The van der Waals surface area contributed by atoms with Crippen LogP contribution in [0.1, 0.15) is 32.8 Å². The average molecular weight is 358 g/mol. The van der Waals surface area contributed by atoms with Crippen LogP contribution < -0.4 is 14.8 Å². The Bertz CT molecular complexity index is 551. The second-order valence-corrected chi connectivity index (χ2v) is 7.44. The summed E-state index contributed by atoms with van der Waals surface area (Å²) in [6.45, 7) is 7.47. The fraction of sp³-hybridized carbons (Fsp3) is 0.588. The number of ether oxygens (including phenoxy) is 2. The number of hydrogen-bond acceptors (Lipinski definition) is 4. The molecule has 0 aromatic heterocycles. The Morgan fingerprint density at radius 1 is 1.30 bits per heavy atom. The van der Waals surface area contributed by atoms with Crippen molar-refractivity contribution in [1.29, 1.82) is 0 Å². The number of rotatable bonds is 6. The summed E-state index contributed by atoms with van der Waals surface area (Å²) in [6.07, 6.45) is 0.850. The third-order valence-corrected chi connectivity index (χ3v) is 5.04. The maximum atomic E-state index is 11.9. The van der Waals surface area contributed by atoms with Gasteiger partial charge in [0.2, 0.25) is 5.91 Å². The van der Waals surface area contributed by atoms with E-state index in [9.17, 15) is 4.79 Å². The maximum absolute atomic E-state index is 11.9. The highest BCUT2D eigenvalue weighted by atomic mass is 35.5. The summed E-state index contributed by atoms with van der Waals surface area (Å²) in [5.41, 5.74) is 1.04. The average Bonchev–Trinajstić information content (AvgIpc) is 2.72. The summed E-state index contributed by atoms with van der Waals surface area (Å²) in [5, 5.41) is 3.57. The van der Waals surface area contributed by atoms with E-state index in [1.54, 1.807) is 11.8 Å². The summed E-state index contributed by atoms with van der Waals surface area (Å²) >= 11 is 7.84. The summed E-state index contributed by atoms with van der Waals surface area (Å²) in [7, 11) is 0. The zero-order chi connectivity index (χ0) is 16.8. The predicted octanol–water partition coefficient (Wildman–Crippen LogP) is 3.90. The van der Waals surface area contributed by atoms with Gasteiger partial charge in [-0.3, -0.25) is 4.79 Å². The van der Waals surface area contributed by atoms with Crippen LogP contribution in [0.4, 0.5) is 0 Å². The van der Waals surface area contributed by atoms with Crippen molar-refractivity contribution in [3.63, 3.8) is 0 Å². The van der Waals surface area contributed by atoms with E-state index in [2.05, 4.69) is 19.2 Å². The molecule has 0 saturated heterocycles. The van der Waals surface area contributed by atoms with E-state index in [0.29, 0.717) is 47.2 Å². The van der Waals surface area contributed by atoms with E-state index in [1.165, 1.54) is 0 Å². The number of carbonyl (C=O) groups excluding carboxylic acids is 1. The number of thioether (sulfide) groups is 1. The normalized spacial score (nSPS) is 15.2. The van der Waals surface area contributed by atoms with Gasteiger partial charge in [0, 0.05) is 18.2 Å². The molecule has 23 heavy (non-hydrogen) atoms. The fourth-order valence-corrected chi connectivity index (χ4v) is 3.15. The summed E-state index contributed by atoms with van der Waals surface area (Å²) in [4.78, 5) is 11.9. The Kier molecular flexibility index (Phi) is 6.90. The van der Waals surface area contributed by atoms with Crippen LogP contribution in [0.3, 0.4) is 0 Å². The highest BCUT2D eigenvalue weighted by molar-refractivity contribution is 7.99. The lowest BCUT2D eigenvalue weighted by Crippen LogP contribution is -2.37. The number of carbonyl (C=O) groups is 1. The molecule has 1 aromatic carbocycles. The molecule has 2 rings (SSSR count). The van der Waals surface area contributed by atoms with Gasteiger partial charge in [0.1, 0.15) is 0 Å². The molecule has 0 spiro atoms. The van der Waals surface area contributed by atoms with Crippen molar-refractivity contribution in [2.24, 2.45) is 5.92 Å². The first-order chi connectivity index (χ1) is 11.0. The van der Waals surface area contributed by atoms with Crippen molar-refractivity contribution in [1.82, 2.24) is 5.32 Å². The predicted molar refractivity (Wildman–Crippen MR) is 95.7 cm³/mol. The molecule has 1 atom stereocenters. The quantitative estimate of drug-likeness (QED) is 0.838. The number of benzene rings is 1. The molecule has 4 nitrogen and oxygen atoms in total. The van der Waals surface area contributed by atoms with Crippen LogP contribution in [0.25, 0.3) is 0 Å². The van der Waals surface area contributed by atoms with Gasteiger partial charge in [-0.1, -0.05) is 25.4 Å². The van der Waals surface area contributed by atoms with Gasteiger partial charge < -0.3 is 14.8 Å². The lowest BCUT2D eigenvalue weighted by molar-refractivity contribution is -0.119. The molecule has 0 fully saturated rings. The van der Waals surface area contributed by atoms with E-state index in [-0.39, 0.29) is 11.9 Å². The van der Waals surface area contributed by atoms with E-state index in [0.717, 1.165) is 12.0 Å². The summed E-state index contributed by atoms with van der Waals surface area (Å²) in [5.74, 6) is 2.97. The smallest absolute Gasteiger partial charge is 0.230 e. The van der Waals surface area contributed by atoms with Crippen molar-refractivity contribution in [3.8, 4) is 11.5 Å². The minimum Gasteiger partial charge on any atom is -0.489 e. The first-order valence-electron chi connectivity index (χ1n) is 7.92. The van der Waals surface area contributed by atoms with Crippen LogP contribution in [-0.2, 0) is 10.5 Å². The summed E-state index contributed by atoms with van der Waals surface area (Å²) in [6, 6.07) is 4.03. The third kappa shape index (κ3) is 5.50. The molecule has 0 saturated carbocycles. The van der Waals surface area contributed by atoms with Gasteiger partial charge in [0.15, 0.2) is 11.5 Å². The number of hydrogen-bond donors (Lipinski definition) is 1. The molecule has 1 amide bonds. The van der Waals surface area contributed by atoms with Crippen molar-refractivity contribution in [2.45, 2.75) is 39.0 Å². The second-order valence-electron chi connectivity index (χ2n) is 6.05. The van der Waals surface area contributed by atoms with Crippen molar-refractivity contribution in [3.05, 3.63) is 22.7 Å². The lowest BCUT2D eigenvalue weighted by atomic mass is 10.1. The third-order valence-electron chi connectivity index (χ3n) is 3.75. The van der Waals surface area contributed by atoms with Crippen molar-refractivity contribution in [2.75, 3.05) is 19.0 Å². The molecular weight excluding hydrogens is 334 g/mol. The van der Waals surface area contributed by atoms with Crippen LogP contribution in [-0.4, -0.2) is 30.9 Å². The number of halogens is 1. The topological polar surface area (TPSA) is 47.6 Å². The molecule has 1 aromatic rings. The molecule has 1 heterocycles. The number of amides is 1. The fourth-order valence-electron chi connectivity index (χ4n) is 2.09. The Hall–Kier alpha value is -1.07. The van der Waals surface area contributed by atoms with Gasteiger partial charge in [-0.15, -0.1) is 11.8 Å². The van der Waals surface area contributed by atoms with E-state index in [1.807, 2.05) is 19.1 Å². The molecular formula is C17H24ClNO3S. The molecule has 0 bridgehead atoms. The van der Waals surface area contributed by atoms with E-state index >= 15 is 0 Å². The lowest BCUT2D eigenvalue weighted by Gasteiger charge is -2.17. The molecule has 1 aliphatic heterocycles. The van der Waals surface area contributed by atoms with Crippen LogP contribution in [0.15, 0.2) is 12.1 Å². The Morgan fingerprint density at radius 2 is 2.04 bits per heavy atom. The van der Waals surface area contributed by atoms with Crippen LogP contribution in [0.5, 0.6) is 11.5 Å². The highest BCUT2D eigenvalue weighted by Crippen LogP contribution is 2.38. The van der Waals surface area contributed by atoms with E-state index in [4.69, 9.17) is 21.1 Å². The molecule has 0 unspecified atom stereocenters. The van der Waals surface area contributed by atoms with Gasteiger partial charge in [-0.05, 0) is 30.5 Å². The van der Waals surface area contributed by atoms with Crippen LogP contribution in [0.2, 0.25) is 5.02 Å². The van der Waals surface area contributed by atoms with Gasteiger partial charge in [0.25, 0.3) is 0 Å². The molecule has 1 aliphatic rings. The van der Waals surface area contributed by atoms with Crippen molar-refractivity contribution >= 4 is 29.3 Å². The Morgan fingerprint density at radius 3 is 2.78 bits per heavy atom. The van der Waals surface area contributed by atoms with Crippen LogP contribution >= 0.6 is 23.4 Å². The SMILES string of the molecule is CC(C)[C@H](C)NC(=O)CSCc1cc(Cl)c2c(c1)OCCCO2. The summed E-state index contributed by atoms with van der Waals surface area (Å²) < 4.78 is 11.3. The molecule has 6 heteroatoms. The first-order valence-corrected chi connectivity index (χ1v) is 9.45. The van der Waals surface area contributed by atoms with E-state index < -0.39 is 0 Å². The van der Waals surface area contributed by atoms with Crippen molar-refractivity contribution < 1.29 is 14.3 Å². The maximum Gasteiger partial charge on any atom is 0.230 e. The zero-order valence-electron chi connectivity index (χ0n) is 13.9. The second kappa shape index (κ2) is 8.69. The minimum atomic E-state index is 0.0663. The Labute approximate surface area is 147 Å². The van der Waals surface area contributed by atoms with Gasteiger partial charge >= 0.3 is 0 Å². The Balaban J connectivity index is 1.88. The highest BCUT2D eigenvalue weighted by Gasteiger charge is 2.16. The molecule has 0 radical (unpaired) electrons. The first kappa shape index (κ1) is 18.3. The van der Waals surface area contributed by atoms with Gasteiger partial charge in [-0.25, -0.2) is 0 Å². The number of nitrogens with one attached hydrogen (secondary N) is 1. The molecule has 0 aliphatic carbocycles. The minimum absolute atomic E-state index is 0.0663. The van der Waals surface area contributed by atoms with Gasteiger partial charge in [0.05, 0.1) is 24.0 Å². The van der Waals surface area contributed by atoms with Gasteiger partial charge in [-0.2, -0.15) is 0 Å². The van der Waals surface area contributed by atoms with Crippen LogP contribution in [0, 0.1) is 5.92 Å². The molecule has 1 N–H and O–H groups in total. The largest absolute Gasteiger partial charge is 0.489 e. The monoisotopic (exact) mass is 357 g/mol. The number of fused-ring (bicyclic) bond motifs is 1. The standard InChI is InChI=1S/C17H24ClNO3S/c1-11(2)12(3)19-16(20)10-23-9-13-7-14(18)17-15(8-13)21-5-4-6-22-17/h7-8,11-12H,4-6,9-10H2,1-3H3,(H,19,20)/t12-/m0/s1. The molecule has 128 valence electrons. The zero-order valence-corrected chi connectivity index (χ0v) is 15.4.